The Hall–Kier alpha value is -3.06. The number of carboxylic acid groups (broad SMARTS) is 1. The summed E-state index contributed by atoms with van der Waals surface area (Å²) in [5.41, 5.74) is 2.86. The molecular formula is C23H21BrFNO4. The molecule has 0 saturated carbocycles. The second-order valence-electron chi connectivity index (χ2n) is 6.49. The van der Waals surface area contributed by atoms with E-state index < -0.39 is 5.97 Å². The Kier molecular flexibility index (Phi) is 7.30. The molecule has 3 rings (SSSR count). The molecule has 0 heterocycles. The minimum atomic E-state index is -0.955. The molecule has 0 spiro atoms. The number of hydrogen-bond acceptors (Lipinski definition) is 4. The van der Waals surface area contributed by atoms with Gasteiger partial charge in [0.05, 0.1) is 16.6 Å². The van der Waals surface area contributed by atoms with Gasteiger partial charge in [-0.15, -0.1) is 0 Å². The highest BCUT2D eigenvalue weighted by Crippen LogP contribution is 2.37. The zero-order valence-electron chi connectivity index (χ0n) is 16.3. The average Bonchev–Trinajstić information content (AvgIpc) is 2.73. The van der Waals surface area contributed by atoms with Gasteiger partial charge in [-0.05, 0) is 82.5 Å². The molecule has 0 radical (unpaired) electrons. The first-order valence-electron chi connectivity index (χ1n) is 9.36. The van der Waals surface area contributed by atoms with Crippen LogP contribution in [0.5, 0.6) is 11.5 Å². The summed E-state index contributed by atoms with van der Waals surface area (Å²) in [5, 5.41) is 12.2. The predicted molar refractivity (Wildman–Crippen MR) is 117 cm³/mol. The largest absolute Gasteiger partial charge is 0.490 e. The molecule has 0 aliphatic rings. The van der Waals surface area contributed by atoms with E-state index in [2.05, 4.69) is 21.2 Å². The van der Waals surface area contributed by atoms with E-state index in [9.17, 15) is 9.18 Å². The molecule has 3 aromatic carbocycles. The summed E-state index contributed by atoms with van der Waals surface area (Å²) in [7, 11) is 0. The standard InChI is InChI=1S/C23H21BrFNO4/c1-2-29-21-12-16(13-26-19-9-5-17(6-10-19)23(27)28)11-20(24)22(21)30-14-15-3-7-18(25)8-4-15/h3-12,26H,2,13-14H2,1H3,(H,27,28). The molecule has 0 aromatic heterocycles. The van der Waals surface area contributed by atoms with Crippen LogP contribution < -0.4 is 14.8 Å². The number of aromatic carboxylic acids is 1. The molecule has 5 nitrogen and oxygen atoms in total. The number of halogens is 2. The molecule has 0 atom stereocenters. The number of nitrogens with one attached hydrogen (secondary N) is 1. The zero-order valence-corrected chi connectivity index (χ0v) is 17.9. The molecule has 2 N–H and O–H groups in total. The van der Waals surface area contributed by atoms with Crippen molar-refractivity contribution in [2.75, 3.05) is 11.9 Å². The molecule has 0 fully saturated rings. The monoisotopic (exact) mass is 473 g/mol. The molecular weight excluding hydrogens is 453 g/mol. The quantitative estimate of drug-likeness (QED) is 0.406. The van der Waals surface area contributed by atoms with Crippen LogP contribution in [-0.2, 0) is 13.2 Å². The van der Waals surface area contributed by atoms with Crippen LogP contribution in [0.4, 0.5) is 10.1 Å². The van der Waals surface area contributed by atoms with Gasteiger partial charge in [0.1, 0.15) is 12.4 Å². The van der Waals surface area contributed by atoms with E-state index in [0.29, 0.717) is 24.7 Å². The second kappa shape index (κ2) is 10.1. The minimum absolute atomic E-state index is 0.240. The molecule has 0 saturated heterocycles. The van der Waals surface area contributed by atoms with Crippen molar-refractivity contribution in [3.8, 4) is 11.5 Å². The summed E-state index contributed by atoms with van der Waals surface area (Å²) >= 11 is 3.55. The fraction of sp³-hybridized carbons (Fsp3) is 0.174. The van der Waals surface area contributed by atoms with Crippen LogP contribution in [0.25, 0.3) is 0 Å². The van der Waals surface area contributed by atoms with Crippen molar-refractivity contribution in [3.05, 3.63) is 87.6 Å². The van der Waals surface area contributed by atoms with Crippen LogP contribution in [-0.4, -0.2) is 17.7 Å². The maximum Gasteiger partial charge on any atom is 0.335 e. The van der Waals surface area contributed by atoms with E-state index in [1.54, 1.807) is 36.4 Å². The van der Waals surface area contributed by atoms with Crippen LogP contribution in [0.1, 0.15) is 28.4 Å². The lowest BCUT2D eigenvalue weighted by Crippen LogP contribution is -2.04. The maximum atomic E-state index is 13.1. The number of anilines is 1. The summed E-state index contributed by atoms with van der Waals surface area (Å²) in [5.74, 6) is -0.0600. The minimum Gasteiger partial charge on any atom is -0.490 e. The zero-order chi connectivity index (χ0) is 21.5. The highest BCUT2D eigenvalue weighted by Gasteiger charge is 2.13. The summed E-state index contributed by atoms with van der Waals surface area (Å²) < 4.78 is 25.5. The smallest absolute Gasteiger partial charge is 0.335 e. The van der Waals surface area contributed by atoms with Crippen LogP contribution in [0.15, 0.2) is 65.1 Å². The molecule has 30 heavy (non-hydrogen) atoms. The highest BCUT2D eigenvalue weighted by atomic mass is 79.9. The van der Waals surface area contributed by atoms with E-state index >= 15 is 0 Å². The second-order valence-corrected chi connectivity index (χ2v) is 7.34. The summed E-state index contributed by atoms with van der Waals surface area (Å²) in [4.78, 5) is 11.0. The highest BCUT2D eigenvalue weighted by molar-refractivity contribution is 9.10. The van der Waals surface area contributed by atoms with Crippen molar-refractivity contribution in [1.82, 2.24) is 0 Å². The Labute approximate surface area is 182 Å². The Morgan fingerprint density at radius 1 is 1.03 bits per heavy atom. The number of carboxylic acids is 1. The van der Waals surface area contributed by atoms with Gasteiger partial charge in [-0.1, -0.05) is 12.1 Å². The van der Waals surface area contributed by atoms with Gasteiger partial charge in [0, 0.05) is 12.2 Å². The van der Waals surface area contributed by atoms with Crippen LogP contribution in [0.2, 0.25) is 0 Å². The molecule has 0 aliphatic carbocycles. The average molecular weight is 474 g/mol. The number of hydrogen-bond donors (Lipinski definition) is 2. The maximum absolute atomic E-state index is 13.1. The summed E-state index contributed by atoms with van der Waals surface area (Å²) in [6.07, 6.45) is 0. The normalized spacial score (nSPS) is 10.5. The van der Waals surface area contributed by atoms with E-state index in [0.717, 1.165) is 21.3 Å². The molecule has 0 amide bonds. The number of ether oxygens (including phenoxy) is 2. The van der Waals surface area contributed by atoms with Crippen molar-refractivity contribution >= 4 is 27.6 Å². The Bertz CT molecular complexity index is 1010. The Balaban J connectivity index is 1.71. The third kappa shape index (κ3) is 5.73. The first-order valence-corrected chi connectivity index (χ1v) is 10.1. The summed E-state index contributed by atoms with van der Waals surface area (Å²) in [6.45, 7) is 3.18. The third-order valence-corrected chi connectivity index (χ3v) is 4.88. The molecule has 7 heteroatoms. The van der Waals surface area contributed by atoms with Gasteiger partial charge in [-0.25, -0.2) is 9.18 Å². The first-order chi connectivity index (χ1) is 14.5. The van der Waals surface area contributed by atoms with Gasteiger partial charge in [0.15, 0.2) is 11.5 Å². The predicted octanol–water partition coefficient (Wildman–Crippen LogP) is 5.88. The van der Waals surface area contributed by atoms with E-state index in [1.165, 1.54) is 12.1 Å². The van der Waals surface area contributed by atoms with Crippen molar-refractivity contribution in [2.24, 2.45) is 0 Å². The van der Waals surface area contributed by atoms with Crippen molar-refractivity contribution in [3.63, 3.8) is 0 Å². The lowest BCUT2D eigenvalue weighted by atomic mass is 10.1. The lowest BCUT2D eigenvalue weighted by Gasteiger charge is -2.16. The first kappa shape index (κ1) is 21.6. The van der Waals surface area contributed by atoms with Crippen LogP contribution >= 0.6 is 15.9 Å². The summed E-state index contributed by atoms with van der Waals surface area (Å²) in [6, 6.07) is 16.5. The van der Waals surface area contributed by atoms with Gasteiger partial charge >= 0.3 is 5.97 Å². The van der Waals surface area contributed by atoms with Gasteiger partial charge < -0.3 is 19.9 Å². The van der Waals surface area contributed by atoms with Crippen LogP contribution in [0, 0.1) is 5.82 Å². The van der Waals surface area contributed by atoms with Crippen LogP contribution in [0.3, 0.4) is 0 Å². The lowest BCUT2D eigenvalue weighted by molar-refractivity contribution is 0.0697. The molecule has 0 bridgehead atoms. The Morgan fingerprint density at radius 2 is 1.73 bits per heavy atom. The molecule has 156 valence electrons. The van der Waals surface area contributed by atoms with Gasteiger partial charge in [-0.2, -0.15) is 0 Å². The molecule has 0 aliphatic heterocycles. The van der Waals surface area contributed by atoms with Crippen molar-refractivity contribution < 1.29 is 23.8 Å². The van der Waals surface area contributed by atoms with Crippen molar-refractivity contribution in [2.45, 2.75) is 20.1 Å². The number of carbonyl (C=O) groups is 1. The van der Waals surface area contributed by atoms with Gasteiger partial charge in [-0.3, -0.25) is 0 Å². The Morgan fingerprint density at radius 3 is 2.37 bits per heavy atom. The van der Waals surface area contributed by atoms with Crippen molar-refractivity contribution in [1.29, 1.82) is 0 Å². The van der Waals surface area contributed by atoms with E-state index in [1.807, 2.05) is 19.1 Å². The fourth-order valence-corrected chi connectivity index (χ4v) is 3.40. The third-order valence-electron chi connectivity index (χ3n) is 4.29. The van der Waals surface area contributed by atoms with E-state index in [-0.39, 0.29) is 18.0 Å². The topological polar surface area (TPSA) is 67.8 Å². The van der Waals surface area contributed by atoms with Gasteiger partial charge in [0.2, 0.25) is 0 Å². The van der Waals surface area contributed by atoms with E-state index in [4.69, 9.17) is 14.6 Å². The number of benzene rings is 3. The fourth-order valence-electron chi connectivity index (χ4n) is 2.80. The molecule has 0 unspecified atom stereocenters. The molecule has 3 aromatic rings. The number of rotatable bonds is 9. The SMILES string of the molecule is CCOc1cc(CNc2ccc(C(=O)O)cc2)cc(Br)c1OCc1ccc(F)cc1. The van der Waals surface area contributed by atoms with Gasteiger partial charge in [0.25, 0.3) is 0 Å².